The molecule has 0 atom stereocenters. The van der Waals surface area contributed by atoms with Crippen molar-refractivity contribution in [1.29, 1.82) is 0 Å². The van der Waals surface area contributed by atoms with Crippen LogP contribution in [0.4, 0.5) is 11.4 Å². The number of rotatable bonds is 3. The summed E-state index contributed by atoms with van der Waals surface area (Å²) < 4.78 is 0.738. The minimum Gasteiger partial charge on any atom is -0.329 e. The van der Waals surface area contributed by atoms with Gasteiger partial charge in [-0.1, -0.05) is 24.3 Å². The lowest BCUT2D eigenvalue weighted by Gasteiger charge is -2.33. The smallest absolute Gasteiger partial charge is 0.260 e. The monoisotopic (exact) mass is 338 g/mol. The Balaban J connectivity index is 2.15. The van der Waals surface area contributed by atoms with E-state index >= 15 is 0 Å². The second-order valence-corrected chi connectivity index (χ2v) is 7.37. The summed E-state index contributed by atoms with van der Waals surface area (Å²) in [7, 11) is 7.99. The standard InChI is InChI=1S/C20H24N3O2/c1-21-17-11-7-5-9-15(17)20(25)22(13-14-23(2,3)4)18-12-8-6-10-16(18)19(21)24/h5-12H,13-14H2,1-4H3/q+1. The topological polar surface area (TPSA) is 40.6 Å². The van der Waals surface area contributed by atoms with E-state index in [1.165, 1.54) is 0 Å². The average Bonchev–Trinajstić information content (AvgIpc) is 2.59. The Morgan fingerprint density at radius 2 is 1.32 bits per heavy atom. The van der Waals surface area contributed by atoms with E-state index in [9.17, 15) is 9.59 Å². The number of hydrogen-bond donors (Lipinski definition) is 0. The summed E-state index contributed by atoms with van der Waals surface area (Å²) in [6.45, 7) is 1.33. The Morgan fingerprint density at radius 1 is 0.800 bits per heavy atom. The molecule has 0 radical (unpaired) electrons. The molecule has 2 aromatic carbocycles. The van der Waals surface area contributed by atoms with E-state index in [0.717, 1.165) is 11.0 Å². The van der Waals surface area contributed by atoms with Crippen molar-refractivity contribution in [3.63, 3.8) is 0 Å². The number of fused-ring (bicyclic) bond motifs is 2. The highest BCUT2D eigenvalue weighted by Crippen LogP contribution is 2.31. The SMILES string of the molecule is CN1C(=O)c2ccccc2N(CC[N+](C)(C)C)C(=O)c2ccccc21. The lowest BCUT2D eigenvalue weighted by molar-refractivity contribution is -0.868. The van der Waals surface area contributed by atoms with E-state index in [1.807, 2.05) is 36.4 Å². The van der Waals surface area contributed by atoms with E-state index < -0.39 is 0 Å². The van der Waals surface area contributed by atoms with Crippen LogP contribution < -0.4 is 9.80 Å². The van der Waals surface area contributed by atoms with Gasteiger partial charge in [-0.15, -0.1) is 0 Å². The number of nitrogens with zero attached hydrogens (tertiary/aromatic N) is 3. The molecule has 130 valence electrons. The molecule has 5 heteroatoms. The number of para-hydroxylation sites is 2. The third-order valence-electron chi connectivity index (χ3n) is 4.47. The molecule has 0 bridgehead atoms. The van der Waals surface area contributed by atoms with Crippen LogP contribution in [0.25, 0.3) is 0 Å². The highest BCUT2D eigenvalue weighted by Gasteiger charge is 2.31. The maximum Gasteiger partial charge on any atom is 0.260 e. The molecule has 1 aliphatic rings. The van der Waals surface area contributed by atoms with Crippen LogP contribution in [0.2, 0.25) is 0 Å². The van der Waals surface area contributed by atoms with E-state index in [2.05, 4.69) is 21.1 Å². The fraction of sp³-hybridized carbons (Fsp3) is 0.300. The first-order valence-electron chi connectivity index (χ1n) is 8.38. The highest BCUT2D eigenvalue weighted by atomic mass is 16.2. The van der Waals surface area contributed by atoms with Crippen molar-refractivity contribution in [1.82, 2.24) is 0 Å². The van der Waals surface area contributed by atoms with Crippen LogP contribution in [0.1, 0.15) is 20.7 Å². The number of likely N-dealkylation sites (N-methyl/N-ethyl adjacent to an activating group) is 1. The number of benzene rings is 2. The van der Waals surface area contributed by atoms with Gasteiger partial charge in [0.15, 0.2) is 0 Å². The third kappa shape index (κ3) is 3.28. The van der Waals surface area contributed by atoms with Crippen molar-refractivity contribution in [2.45, 2.75) is 0 Å². The van der Waals surface area contributed by atoms with Crippen LogP contribution in [-0.2, 0) is 0 Å². The van der Waals surface area contributed by atoms with Crippen LogP contribution in [0.5, 0.6) is 0 Å². The van der Waals surface area contributed by atoms with Gasteiger partial charge in [-0.05, 0) is 24.3 Å². The van der Waals surface area contributed by atoms with Gasteiger partial charge in [0.1, 0.15) is 0 Å². The molecule has 5 nitrogen and oxygen atoms in total. The molecular formula is C20H24N3O2+. The quantitative estimate of drug-likeness (QED) is 0.807. The average molecular weight is 338 g/mol. The highest BCUT2D eigenvalue weighted by molar-refractivity contribution is 6.20. The molecule has 2 aromatic rings. The van der Waals surface area contributed by atoms with Crippen LogP contribution >= 0.6 is 0 Å². The summed E-state index contributed by atoms with van der Waals surface area (Å²) in [4.78, 5) is 29.6. The van der Waals surface area contributed by atoms with Crippen LogP contribution in [0.15, 0.2) is 48.5 Å². The van der Waals surface area contributed by atoms with Crippen molar-refractivity contribution in [2.24, 2.45) is 0 Å². The van der Waals surface area contributed by atoms with Crippen molar-refractivity contribution in [3.05, 3.63) is 59.7 Å². The normalized spacial score (nSPS) is 14.7. The van der Waals surface area contributed by atoms with Gasteiger partial charge in [-0.3, -0.25) is 9.59 Å². The van der Waals surface area contributed by atoms with Gasteiger partial charge in [0.05, 0.1) is 56.7 Å². The molecule has 0 aliphatic carbocycles. The maximum atomic E-state index is 13.3. The second-order valence-electron chi connectivity index (χ2n) is 7.37. The third-order valence-corrected chi connectivity index (χ3v) is 4.47. The summed E-state index contributed by atoms with van der Waals surface area (Å²) in [6, 6.07) is 14.6. The second kappa shape index (κ2) is 6.33. The van der Waals surface area contributed by atoms with Gasteiger partial charge in [-0.2, -0.15) is 0 Å². The Kier molecular flexibility index (Phi) is 4.35. The molecule has 0 saturated heterocycles. The molecule has 0 spiro atoms. The molecule has 2 amide bonds. The fourth-order valence-electron chi connectivity index (χ4n) is 3.00. The predicted molar refractivity (Wildman–Crippen MR) is 100 cm³/mol. The summed E-state index contributed by atoms with van der Waals surface area (Å²) in [6.07, 6.45) is 0. The summed E-state index contributed by atoms with van der Waals surface area (Å²) in [5, 5.41) is 0. The van der Waals surface area contributed by atoms with Crippen molar-refractivity contribution < 1.29 is 14.1 Å². The minimum atomic E-state index is -0.106. The molecule has 0 saturated carbocycles. The number of anilines is 2. The van der Waals surface area contributed by atoms with Gasteiger partial charge in [0.25, 0.3) is 11.8 Å². The van der Waals surface area contributed by atoms with Crippen LogP contribution in [0, 0.1) is 0 Å². The van der Waals surface area contributed by atoms with Crippen LogP contribution in [-0.4, -0.2) is 57.6 Å². The Morgan fingerprint density at radius 3 is 1.92 bits per heavy atom. The Labute approximate surface area is 148 Å². The van der Waals surface area contributed by atoms with Crippen molar-refractivity contribution in [3.8, 4) is 0 Å². The largest absolute Gasteiger partial charge is 0.329 e. The minimum absolute atomic E-state index is 0.0733. The molecule has 1 aliphatic heterocycles. The zero-order chi connectivity index (χ0) is 18.2. The lowest BCUT2D eigenvalue weighted by Crippen LogP contribution is -2.46. The molecule has 0 unspecified atom stereocenters. The first-order chi connectivity index (χ1) is 11.8. The van der Waals surface area contributed by atoms with E-state index in [1.54, 1.807) is 29.0 Å². The zero-order valence-corrected chi connectivity index (χ0v) is 15.2. The van der Waals surface area contributed by atoms with E-state index in [4.69, 9.17) is 0 Å². The van der Waals surface area contributed by atoms with E-state index in [-0.39, 0.29) is 11.8 Å². The van der Waals surface area contributed by atoms with Gasteiger partial charge < -0.3 is 14.3 Å². The molecule has 3 rings (SSSR count). The molecular weight excluding hydrogens is 314 g/mol. The Hall–Kier alpha value is -2.66. The van der Waals surface area contributed by atoms with Gasteiger partial charge in [0.2, 0.25) is 0 Å². The summed E-state index contributed by atoms with van der Waals surface area (Å²) >= 11 is 0. The molecule has 0 fully saturated rings. The fourth-order valence-corrected chi connectivity index (χ4v) is 3.00. The number of amides is 2. The molecule has 0 aromatic heterocycles. The first kappa shape index (κ1) is 17.2. The maximum absolute atomic E-state index is 13.3. The van der Waals surface area contributed by atoms with Crippen molar-refractivity contribution >= 4 is 23.2 Å². The number of carbonyl (C=O) groups is 2. The number of carbonyl (C=O) groups excluding carboxylic acids is 2. The summed E-state index contributed by atoms with van der Waals surface area (Å²) in [5.41, 5.74) is 2.41. The lowest BCUT2D eigenvalue weighted by atomic mass is 10.0. The first-order valence-corrected chi connectivity index (χ1v) is 8.38. The molecule has 0 N–H and O–H groups in total. The molecule has 25 heavy (non-hydrogen) atoms. The predicted octanol–water partition coefficient (Wildman–Crippen LogP) is 2.63. The number of hydrogen-bond acceptors (Lipinski definition) is 2. The zero-order valence-electron chi connectivity index (χ0n) is 15.2. The van der Waals surface area contributed by atoms with Crippen molar-refractivity contribution in [2.75, 3.05) is 51.1 Å². The van der Waals surface area contributed by atoms with Gasteiger partial charge >= 0.3 is 0 Å². The van der Waals surface area contributed by atoms with E-state index in [0.29, 0.717) is 29.0 Å². The Bertz CT molecular complexity index is 824. The summed E-state index contributed by atoms with van der Waals surface area (Å²) in [5.74, 6) is -0.179. The van der Waals surface area contributed by atoms with Gasteiger partial charge in [-0.25, -0.2) is 0 Å². The number of quaternary nitrogens is 1. The van der Waals surface area contributed by atoms with Crippen LogP contribution in [0.3, 0.4) is 0 Å². The van der Waals surface area contributed by atoms with Gasteiger partial charge in [0, 0.05) is 7.05 Å². The molecule has 1 heterocycles.